The van der Waals surface area contributed by atoms with Gasteiger partial charge in [-0.15, -0.1) is 0 Å². The minimum atomic E-state index is -3.54. The summed E-state index contributed by atoms with van der Waals surface area (Å²) in [7, 11) is -3.54. The van der Waals surface area contributed by atoms with Crippen LogP contribution in [0.5, 0.6) is 5.75 Å². The second-order valence-electron chi connectivity index (χ2n) is 6.66. The fourth-order valence-corrected chi connectivity index (χ4v) is 5.32. The number of nitrogens with zero attached hydrogens (tertiary/aromatic N) is 2. The normalized spacial score (nSPS) is 15.8. The highest BCUT2D eigenvalue weighted by molar-refractivity contribution is 9.10. The van der Waals surface area contributed by atoms with Gasteiger partial charge in [0.2, 0.25) is 10.0 Å². The van der Waals surface area contributed by atoms with Crippen molar-refractivity contribution < 1.29 is 13.2 Å². The molecule has 1 saturated heterocycles. The molecule has 0 radical (unpaired) electrons. The summed E-state index contributed by atoms with van der Waals surface area (Å²) >= 11 is 3.40. The maximum absolute atomic E-state index is 13.1. The van der Waals surface area contributed by atoms with Crippen molar-refractivity contribution in [3.8, 4) is 5.75 Å². The molecule has 1 fully saturated rings. The van der Waals surface area contributed by atoms with E-state index in [1.54, 1.807) is 22.5 Å². The Kier molecular flexibility index (Phi) is 6.13. The number of hydrogen-bond donors (Lipinski definition) is 0. The second kappa shape index (κ2) is 8.20. The number of halogens is 1. The van der Waals surface area contributed by atoms with E-state index in [0.29, 0.717) is 38.5 Å². The smallest absolute Gasteiger partial charge is 0.243 e. The number of piperazine rings is 1. The highest BCUT2D eigenvalue weighted by atomic mass is 79.9. The number of ether oxygens (including phenoxy) is 1. The minimum absolute atomic E-state index is 0.273. The zero-order valence-electron chi connectivity index (χ0n) is 15.9. The van der Waals surface area contributed by atoms with Gasteiger partial charge in [0.05, 0.1) is 16.0 Å². The standard InChI is InChI=1S/C20H25BrN2O3S/c1-4-26-19-14-17(8-9-18(19)21)27(24,25)23-12-10-22(11-13-23)20-15(2)6-5-7-16(20)3/h5-9,14H,4,10-13H2,1-3H3. The van der Waals surface area contributed by atoms with Crippen LogP contribution in [0.25, 0.3) is 0 Å². The predicted octanol–water partition coefficient (Wildman–Crippen LogP) is 3.98. The van der Waals surface area contributed by atoms with E-state index in [1.807, 2.05) is 6.92 Å². The number of hydrogen-bond acceptors (Lipinski definition) is 4. The largest absolute Gasteiger partial charge is 0.493 e. The van der Waals surface area contributed by atoms with Crippen LogP contribution in [0, 0.1) is 13.8 Å². The fraction of sp³-hybridized carbons (Fsp3) is 0.400. The molecule has 2 aromatic carbocycles. The van der Waals surface area contributed by atoms with E-state index < -0.39 is 10.0 Å². The Bertz CT molecular complexity index is 903. The van der Waals surface area contributed by atoms with E-state index in [0.717, 1.165) is 4.47 Å². The van der Waals surface area contributed by atoms with Gasteiger partial charge in [0, 0.05) is 37.9 Å². The van der Waals surface area contributed by atoms with Crippen molar-refractivity contribution in [1.82, 2.24) is 4.31 Å². The van der Waals surface area contributed by atoms with Gasteiger partial charge < -0.3 is 9.64 Å². The molecule has 5 nitrogen and oxygen atoms in total. The summed E-state index contributed by atoms with van der Waals surface area (Å²) in [6.07, 6.45) is 0. The van der Waals surface area contributed by atoms with Crippen LogP contribution in [0.3, 0.4) is 0 Å². The molecule has 2 aromatic rings. The third-order valence-electron chi connectivity index (χ3n) is 4.83. The van der Waals surface area contributed by atoms with Crippen molar-refractivity contribution in [2.75, 3.05) is 37.7 Å². The quantitative estimate of drug-likeness (QED) is 0.688. The Morgan fingerprint density at radius 3 is 2.26 bits per heavy atom. The van der Waals surface area contributed by atoms with Crippen molar-refractivity contribution in [3.05, 3.63) is 52.0 Å². The summed E-state index contributed by atoms with van der Waals surface area (Å²) in [6, 6.07) is 11.2. The summed E-state index contributed by atoms with van der Waals surface area (Å²) in [6.45, 7) is 8.86. The predicted molar refractivity (Wildman–Crippen MR) is 112 cm³/mol. The van der Waals surface area contributed by atoms with Gasteiger partial charge >= 0.3 is 0 Å². The molecule has 0 amide bonds. The first kappa shape index (κ1) is 20.2. The number of anilines is 1. The zero-order chi connectivity index (χ0) is 19.6. The first-order chi connectivity index (χ1) is 12.8. The third kappa shape index (κ3) is 4.15. The van der Waals surface area contributed by atoms with Gasteiger partial charge in [0.1, 0.15) is 5.75 Å². The Labute approximate surface area is 170 Å². The Morgan fingerprint density at radius 1 is 1.04 bits per heavy atom. The van der Waals surface area contributed by atoms with E-state index in [2.05, 4.69) is 52.9 Å². The van der Waals surface area contributed by atoms with Crippen LogP contribution in [0.4, 0.5) is 5.69 Å². The average Bonchev–Trinajstić information content (AvgIpc) is 2.64. The van der Waals surface area contributed by atoms with E-state index in [-0.39, 0.29) is 4.90 Å². The number of sulfonamides is 1. The Morgan fingerprint density at radius 2 is 1.67 bits per heavy atom. The molecule has 0 atom stereocenters. The SMILES string of the molecule is CCOc1cc(S(=O)(=O)N2CCN(c3c(C)cccc3C)CC2)ccc1Br. The molecule has 3 rings (SSSR count). The number of aryl methyl sites for hydroxylation is 2. The van der Waals surface area contributed by atoms with E-state index in [4.69, 9.17) is 4.74 Å². The van der Waals surface area contributed by atoms with Gasteiger partial charge in [-0.05, 0) is 60.0 Å². The summed E-state index contributed by atoms with van der Waals surface area (Å²) in [5.41, 5.74) is 3.66. The van der Waals surface area contributed by atoms with Gasteiger partial charge in [-0.2, -0.15) is 4.31 Å². The lowest BCUT2D eigenvalue weighted by Crippen LogP contribution is -2.49. The zero-order valence-corrected chi connectivity index (χ0v) is 18.3. The lowest BCUT2D eigenvalue weighted by molar-refractivity contribution is 0.336. The Hall–Kier alpha value is -1.57. The highest BCUT2D eigenvalue weighted by Crippen LogP contribution is 2.31. The molecule has 7 heteroatoms. The highest BCUT2D eigenvalue weighted by Gasteiger charge is 2.29. The minimum Gasteiger partial charge on any atom is -0.493 e. The molecule has 0 aliphatic carbocycles. The molecular formula is C20H25BrN2O3S. The molecule has 146 valence electrons. The first-order valence-corrected chi connectivity index (χ1v) is 11.3. The van der Waals surface area contributed by atoms with E-state index in [1.165, 1.54) is 16.8 Å². The number of rotatable bonds is 5. The van der Waals surface area contributed by atoms with Crippen molar-refractivity contribution in [3.63, 3.8) is 0 Å². The first-order valence-electron chi connectivity index (χ1n) is 9.08. The topological polar surface area (TPSA) is 49.9 Å². The molecule has 0 unspecified atom stereocenters. The molecule has 0 spiro atoms. The molecule has 0 aromatic heterocycles. The molecule has 0 bridgehead atoms. The molecule has 0 N–H and O–H groups in total. The summed E-state index contributed by atoms with van der Waals surface area (Å²) in [4.78, 5) is 2.55. The van der Waals surface area contributed by atoms with Crippen LogP contribution in [0.1, 0.15) is 18.1 Å². The van der Waals surface area contributed by atoms with Gasteiger partial charge in [0.25, 0.3) is 0 Å². The molecular weight excluding hydrogens is 428 g/mol. The summed E-state index contributed by atoms with van der Waals surface area (Å²) in [5.74, 6) is 0.549. The van der Waals surface area contributed by atoms with Gasteiger partial charge in [-0.3, -0.25) is 0 Å². The molecule has 1 aliphatic heterocycles. The fourth-order valence-electron chi connectivity index (χ4n) is 3.52. The van der Waals surface area contributed by atoms with Crippen molar-refractivity contribution in [1.29, 1.82) is 0 Å². The molecule has 1 heterocycles. The third-order valence-corrected chi connectivity index (χ3v) is 7.38. The summed E-state index contributed by atoms with van der Waals surface area (Å²) < 4.78 is 34.0. The van der Waals surface area contributed by atoms with Gasteiger partial charge in [0.15, 0.2) is 0 Å². The van der Waals surface area contributed by atoms with Crippen LogP contribution in [0.2, 0.25) is 0 Å². The van der Waals surface area contributed by atoms with Crippen molar-refractivity contribution in [2.45, 2.75) is 25.7 Å². The molecule has 27 heavy (non-hydrogen) atoms. The van der Waals surface area contributed by atoms with Gasteiger partial charge in [-0.25, -0.2) is 8.42 Å². The van der Waals surface area contributed by atoms with Crippen LogP contribution in [-0.4, -0.2) is 45.5 Å². The second-order valence-corrected chi connectivity index (χ2v) is 9.45. The van der Waals surface area contributed by atoms with E-state index >= 15 is 0 Å². The average molecular weight is 453 g/mol. The van der Waals surface area contributed by atoms with Crippen LogP contribution in [-0.2, 0) is 10.0 Å². The van der Waals surface area contributed by atoms with Crippen molar-refractivity contribution in [2.24, 2.45) is 0 Å². The summed E-state index contributed by atoms with van der Waals surface area (Å²) in [5, 5.41) is 0. The number of para-hydroxylation sites is 1. The lowest BCUT2D eigenvalue weighted by atomic mass is 10.1. The maximum atomic E-state index is 13.1. The van der Waals surface area contributed by atoms with E-state index in [9.17, 15) is 8.42 Å². The van der Waals surface area contributed by atoms with Crippen molar-refractivity contribution >= 4 is 31.6 Å². The molecule has 0 saturated carbocycles. The number of benzene rings is 2. The lowest BCUT2D eigenvalue weighted by Gasteiger charge is -2.37. The van der Waals surface area contributed by atoms with Crippen LogP contribution >= 0.6 is 15.9 Å². The Balaban J connectivity index is 1.78. The molecule has 1 aliphatic rings. The van der Waals surface area contributed by atoms with Crippen LogP contribution in [0.15, 0.2) is 45.8 Å². The van der Waals surface area contributed by atoms with Crippen LogP contribution < -0.4 is 9.64 Å². The van der Waals surface area contributed by atoms with Gasteiger partial charge in [-0.1, -0.05) is 18.2 Å². The monoisotopic (exact) mass is 452 g/mol. The maximum Gasteiger partial charge on any atom is 0.243 e.